The summed E-state index contributed by atoms with van der Waals surface area (Å²) < 4.78 is 1.82. The molecule has 0 spiro atoms. The van der Waals surface area contributed by atoms with Gasteiger partial charge in [-0.05, 0) is 49.6 Å². The number of nitrogens with two attached hydrogens (primary N) is 1. The molecule has 1 aromatic carbocycles. The molecular weight excluding hydrogens is 234 g/mol. The Morgan fingerprint density at radius 1 is 1.35 bits per heavy atom. The second kappa shape index (κ2) is 4.90. The second-order valence-corrected chi connectivity index (χ2v) is 4.65. The maximum Gasteiger partial charge on any atom is 0.0861 e. The topological polar surface area (TPSA) is 43.8 Å². The van der Waals surface area contributed by atoms with Crippen LogP contribution >= 0.6 is 11.6 Å². The van der Waals surface area contributed by atoms with Crippen LogP contribution in [-0.4, -0.2) is 16.3 Å². The molecular formula is C13H16ClN3. The van der Waals surface area contributed by atoms with Crippen molar-refractivity contribution in [2.24, 2.45) is 5.73 Å². The van der Waals surface area contributed by atoms with Crippen molar-refractivity contribution in [3.63, 3.8) is 0 Å². The van der Waals surface area contributed by atoms with E-state index in [0.717, 1.165) is 33.8 Å². The normalized spacial score (nSPS) is 10.8. The first-order chi connectivity index (χ1) is 8.11. The Morgan fingerprint density at radius 2 is 2.12 bits per heavy atom. The first-order valence-electron chi connectivity index (χ1n) is 5.62. The van der Waals surface area contributed by atoms with Crippen molar-refractivity contribution >= 4 is 11.6 Å². The summed E-state index contributed by atoms with van der Waals surface area (Å²) in [5.74, 6) is 0. The smallest absolute Gasteiger partial charge is 0.0861 e. The van der Waals surface area contributed by atoms with E-state index in [1.165, 1.54) is 0 Å². The van der Waals surface area contributed by atoms with E-state index in [1.54, 1.807) is 0 Å². The highest BCUT2D eigenvalue weighted by molar-refractivity contribution is 6.32. The molecule has 0 unspecified atom stereocenters. The Morgan fingerprint density at radius 3 is 2.76 bits per heavy atom. The maximum absolute atomic E-state index is 6.27. The molecule has 0 aliphatic rings. The van der Waals surface area contributed by atoms with Gasteiger partial charge < -0.3 is 5.73 Å². The monoisotopic (exact) mass is 249 g/mol. The summed E-state index contributed by atoms with van der Waals surface area (Å²) >= 11 is 6.27. The number of hydrogen-bond donors (Lipinski definition) is 1. The summed E-state index contributed by atoms with van der Waals surface area (Å²) in [7, 11) is 0. The van der Waals surface area contributed by atoms with Gasteiger partial charge in [0.25, 0.3) is 0 Å². The number of rotatable bonds is 3. The summed E-state index contributed by atoms with van der Waals surface area (Å²) in [6.07, 6.45) is 4.65. The molecule has 0 saturated carbocycles. The number of halogens is 1. The van der Waals surface area contributed by atoms with Gasteiger partial charge in [0.1, 0.15) is 0 Å². The Bertz CT molecular complexity index is 508. The van der Waals surface area contributed by atoms with Gasteiger partial charge in [0.2, 0.25) is 0 Å². The van der Waals surface area contributed by atoms with E-state index < -0.39 is 0 Å². The van der Waals surface area contributed by atoms with Crippen molar-refractivity contribution < 1.29 is 0 Å². The first-order valence-corrected chi connectivity index (χ1v) is 6.00. The van der Waals surface area contributed by atoms with E-state index in [9.17, 15) is 0 Å². The highest BCUT2D eigenvalue weighted by atomic mass is 35.5. The van der Waals surface area contributed by atoms with Gasteiger partial charge in [-0.25, -0.2) is 4.68 Å². The zero-order valence-corrected chi connectivity index (χ0v) is 10.8. The molecule has 4 heteroatoms. The fourth-order valence-electron chi connectivity index (χ4n) is 1.98. The van der Waals surface area contributed by atoms with Gasteiger partial charge >= 0.3 is 0 Å². The summed E-state index contributed by atoms with van der Waals surface area (Å²) in [4.78, 5) is 0. The lowest BCUT2D eigenvalue weighted by Crippen LogP contribution is -2.02. The lowest BCUT2D eigenvalue weighted by atomic mass is 10.1. The summed E-state index contributed by atoms with van der Waals surface area (Å²) in [5.41, 5.74) is 9.88. The molecule has 0 bridgehead atoms. The van der Waals surface area contributed by atoms with Gasteiger partial charge in [-0.3, -0.25) is 0 Å². The fraction of sp³-hybridized carbons (Fsp3) is 0.308. The molecule has 0 atom stereocenters. The largest absolute Gasteiger partial charge is 0.330 e. The summed E-state index contributed by atoms with van der Waals surface area (Å²) in [6.45, 7) is 4.70. The van der Waals surface area contributed by atoms with Crippen LogP contribution in [0.1, 0.15) is 16.7 Å². The van der Waals surface area contributed by atoms with E-state index in [2.05, 4.69) is 11.2 Å². The van der Waals surface area contributed by atoms with Gasteiger partial charge in [0.15, 0.2) is 0 Å². The standard InChI is InChI=1S/C13H16ClN3/c1-9-5-10(2)13(12(14)6-9)17-8-11(3-4-15)7-16-17/h5-8H,3-4,15H2,1-2H3. The molecule has 0 saturated heterocycles. The lowest BCUT2D eigenvalue weighted by molar-refractivity contribution is 0.870. The molecule has 2 rings (SSSR count). The van der Waals surface area contributed by atoms with Crippen LogP contribution in [0, 0.1) is 13.8 Å². The minimum absolute atomic E-state index is 0.631. The van der Waals surface area contributed by atoms with E-state index >= 15 is 0 Å². The highest BCUT2D eigenvalue weighted by Gasteiger charge is 2.09. The lowest BCUT2D eigenvalue weighted by Gasteiger charge is -2.09. The minimum Gasteiger partial charge on any atom is -0.330 e. The molecule has 0 radical (unpaired) electrons. The van der Waals surface area contributed by atoms with Crippen molar-refractivity contribution in [3.8, 4) is 5.69 Å². The molecule has 2 N–H and O–H groups in total. The van der Waals surface area contributed by atoms with E-state index in [4.69, 9.17) is 17.3 Å². The van der Waals surface area contributed by atoms with Crippen LogP contribution in [0.25, 0.3) is 5.69 Å². The van der Waals surface area contributed by atoms with Crippen LogP contribution in [0.4, 0.5) is 0 Å². The van der Waals surface area contributed by atoms with Gasteiger partial charge in [-0.1, -0.05) is 17.7 Å². The molecule has 1 aromatic heterocycles. The molecule has 2 aromatic rings. The van der Waals surface area contributed by atoms with E-state index in [1.807, 2.05) is 37.0 Å². The third-order valence-corrected chi connectivity index (χ3v) is 2.98. The van der Waals surface area contributed by atoms with Gasteiger partial charge in [0, 0.05) is 6.20 Å². The molecule has 90 valence electrons. The SMILES string of the molecule is Cc1cc(C)c(-n2cc(CCN)cn2)c(Cl)c1. The average molecular weight is 250 g/mol. The van der Waals surface area contributed by atoms with Gasteiger partial charge in [-0.2, -0.15) is 5.10 Å². The van der Waals surface area contributed by atoms with Crippen LogP contribution in [0.15, 0.2) is 24.5 Å². The average Bonchev–Trinajstić information content (AvgIpc) is 2.65. The van der Waals surface area contributed by atoms with E-state index in [0.29, 0.717) is 6.54 Å². The number of benzene rings is 1. The predicted octanol–water partition coefficient (Wildman–Crippen LogP) is 2.64. The third kappa shape index (κ3) is 2.51. The third-order valence-electron chi connectivity index (χ3n) is 2.70. The van der Waals surface area contributed by atoms with Gasteiger partial charge in [0.05, 0.1) is 16.9 Å². The fourth-order valence-corrected chi connectivity index (χ4v) is 2.38. The van der Waals surface area contributed by atoms with Crippen LogP contribution in [0.5, 0.6) is 0 Å². The summed E-state index contributed by atoms with van der Waals surface area (Å²) in [6, 6.07) is 4.06. The Kier molecular flexibility index (Phi) is 3.50. The molecule has 3 nitrogen and oxygen atoms in total. The Labute approximate surface area is 106 Å². The predicted molar refractivity (Wildman–Crippen MR) is 70.8 cm³/mol. The second-order valence-electron chi connectivity index (χ2n) is 4.24. The molecule has 1 heterocycles. The van der Waals surface area contributed by atoms with Crippen molar-refractivity contribution in [2.45, 2.75) is 20.3 Å². The summed E-state index contributed by atoms with van der Waals surface area (Å²) in [5, 5.41) is 5.06. The minimum atomic E-state index is 0.631. The number of aryl methyl sites for hydroxylation is 2. The van der Waals surface area contributed by atoms with Crippen molar-refractivity contribution in [1.82, 2.24) is 9.78 Å². The Hall–Kier alpha value is -1.32. The number of hydrogen-bond acceptors (Lipinski definition) is 2. The molecule has 17 heavy (non-hydrogen) atoms. The molecule has 0 amide bonds. The van der Waals surface area contributed by atoms with Crippen molar-refractivity contribution in [1.29, 1.82) is 0 Å². The van der Waals surface area contributed by atoms with E-state index in [-0.39, 0.29) is 0 Å². The van der Waals surface area contributed by atoms with Crippen molar-refractivity contribution in [3.05, 3.63) is 46.2 Å². The van der Waals surface area contributed by atoms with Crippen LogP contribution < -0.4 is 5.73 Å². The van der Waals surface area contributed by atoms with Crippen molar-refractivity contribution in [2.75, 3.05) is 6.54 Å². The van der Waals surface area contributed by atoms with Crippen LogP contribution in [0.3, 0.4) is 0 Å². The van der Waals surface area contributed by atoms with Gasteiger partial charge in [-0.15, -0.1) is 0 Å². The molecule has 0 fully saturated rings. The molecule has 0 aliphatic carbocycles. The first kappa shape index (κ1) is 12.1. The maximum atomic E-state index is 6.27. The Balaban J connectivity index is 2.45. The highest BCUT2D eigenvalue weighted by Crippen LogP contribution is 2.25. The molecule has 0 aliphatic heterocycles. The zero-order valence-electron chi connectivity index (χ0n) is 10.1. The quantitative estimate of drug-likeness (QED) is 0.909. The van der Waals surface area contributed by atoms with Crippen LogP contribution in [-0.2, 0) is 6.42 Å². The number of nitrogens with zero attached hydrogens (tertiary/aromatic N) is 2. The number of aromatic nitrogens is 2. The van der Waals surface area contributed by atoms with Crippen LogP contribution in [0.2, 0.25) is 5.02 Å². The zero-order chi connectivity index (χ0) is 12.4.